The maximum Gasteiger partial charge on any atom is 0.193 e. The predicted molar refractivity (Wildman–Crippen MR) is 123 cm³/mol. The molecule has 4 aromatic rings. The Morgan fingerprint density at radius 1 is 0.933 bits per heavy atom. The fraction of sp³-hybridized carbons (Fsp3) is 0.231. The molecular formula is C26H25N3O. The Bertz CT molecular complexity index is 1240. The van der Waals surface area contributed by atoms with Crippen molar-refractivity contribution in [3.05, 3.63) is 94.4 Å². The summed E-state index contributed by atoms with van der Waals surface area (Å²) in [4.78, 5) is 18.2. The average Bonchev–Trinajstić information content (AvgIpc) is 3.29. The Hall–Kier alpha value is -3.40. The Morgan fingerprint density at radius 3 is 2.30 bits per heavy atom. The number of nitrogens with one attached hydrogen (secondary N) is 1. The molecule has 1 N–H and O–H groups in total. The van der Waals surface area contributed by atoms with E-state index in [1.807, 2.05) is 61.5 Å². The Labute approximate surface area is 176 Å². The summed E-state index contributed by atoms with van der Waals surface area (Å²) in [5.74, 6) is 1.13. The number of nitrogens with zero attached hydrogens (tertiary/aromatic N) is 2. The van der Waals surface area contributed by atoms with Crippen LogP contribution in [-0.4, -0.2) is 9.55 Å². The molecule has 0 saturated heterocycles. The van der Waals surface area contributed by atoms with E-state index in [-0.39, 0.29) is 5.43 Å². The summed E-state index contributed by atoms with van der Waals surface area (Å²) in [6.07, 6.45) is 4.64. The van der Waals surface area contributed by atoms with Crippen LogP contribution in [0.3, 0.4) is 0 Å². The highest BCUT2D eigenvalue weighted by Gasteiger charge is 2.24. The number of para-hydroxylation sites is 2. The number of fused-ring (bicyclic) bond motifs is 1. The van der Waals surface area contributed by atoms with Crippen molar-refractivity contribution in [2.24, 2.45) is 0 Å². The van der Waals surface area contributed by atoms with E-state index in [4.69, 9.17) is 4.98 Å². The number of rotatable bonds is 4. The molecule has 0 atom stereocenters. The second-order valence-electron chi connectivity index (χ2n) is 8.08. The minimum absolute atomic E-state index is 0.0324. The molecule has 0 bridgehead atoms. The van der Waals surface area contributed by atoms with Gasteiger partial charge >= 0.3 is 0 Å². The Balaban J connectivity index is 1.81. The van der Waals surface area contributed by atoms with Crippen LogP contribution < -0.4 is 10.7 Å². The second-order valence-corrected chi connectivity index (χ2v) is 8.08. The third-order valence-electron chi connectivity index (χ3n) is 5.95. The van der Waals surface area contributed by atoms with Crippen LogP contribution in [0.15, 0.2) is 77.6 Å². The molecule has 0 radical (unpaired) electrons. The molecule has 0 spiro atoms. The lowest BCUT2D eigenvalue weighted by Crippen LogP contribution is -2.16. The van der Waals surface area contributed by atoms with Crippen molar-refractivity contribution in [3.8, 4) is 5.69 Å². The zero-order chi connectivity index (χ0) is 20.5. The molecule has 2 aromatic heterocycles. The second kappa shape index (κ2) is 7.79. The largest absolute Gasteiger partial charge is 0.341 e. The third-order valence-corrected chi connectivity index (χ3v) is 5.95. The van der Waals surface area contributed by atoms with E-state index in [0.717, 1.165) is 52.3 Å². The fourth-order valence-electron chi connectivity index (χ4n) is 4.61. The van der Waals surface area contributed by atoms with Crippen molar-refractivity contribution in [2.75, 3.05) is 5.32 Å². The molecule has 2 heterocycles. The van der Waals surface area contributed by atoms with Gasteiger partial charge in [0, 0.05) is 29.1 Å². The molecule has 4 nitrogen and oxygen atoms in total. The van der Waals surface area contributed by atoms with Gasteiger partial charge in [-0.05, 0) is 50.1 Å². The van der Waals surface area contributed by atoms with Gasteiger partial charge in [0.05, 0.1) is 16.6 Å². The van der Waals surface area contributed by atoms with Crippen LogP contribution in [0.25, 0.3) is 16.6 Å². The summed E-state index contributed by atoms with van der Waals surface area (Å²) < 4.78 is 2.15. The highest BCUT2D eigenvalue weighted by molar-refractivity contribution is 5.86. The zero-order valence-corrected chi connectivity index (χ0v) is 17.1. The van der Waals surface area contributed by atoms with Crippen LogP contribution in [0.5, 0.6) is 0 Å². The highest BCUT2D eigenvalue weighted by atomic mass is 16.1. The normalized spacial score (nSPS) is 14.3. The van der Waals surface area contributed by atoms with Gasteiger partial charge in [0.25, 0.3) is 0 Å². The standard InChI is InChI=1S/C26H25N3O/c1-18-16-22-25(26(27-18)19-10-8-9-11-19)23(30)17-24(28-20-12-4-2-5-13-20)29(22)21-14-6-3-7-15-21/h2-7,12-17,19,28H,8-11H2,1H3. The van der Waals surface area contributed by atoms with Gasteiger partial charge < -0.3 is 5.32 Å². The summed E-state index contributed by atoms with van der Waals surface area (Å²) in [5, 5.41) is 4.21. The van der Waals surface area contributed by atoms with Gasteiger partial charge in [0.2, 0.25) is 0 Å². The summed E-state index contributed by atoms with van der Waals surface area (Å²) >= 11 is 0. The highest BCUT2D eigenvalue weighted by Crippen LogP contribution is 2.37. The minimum atomic E-state index is 0.0324. The fourth-order valence-corrected chi connectivity index (χ4v) is 4.61. The number of hydrogen-bond acceptors (Lipinski definition) is 3. The van der Waals surface area contributed by atoms with E-state index >= 15 is 0 Å². The molecule has 1 fully saturated rings. The molecule has 0 amide bonds. The molecule has 1 saturated carbocycles. The quantitative estimate of drug-likeness (QED) is 0.454. The number of aryl methyl sites for hydroxylation is 1. The number of anilines is 2. The monoisotopic (exact) mass is 395 g/mol. The lowest BCUT2D eigenvalue weighted by molar-refractivity contribution is 0.701. The number of benzene rings is 2. The first-order valence-electron chi connectivity index (χ1n) is 10.7. The molecule has 150 valence electrons. The molecule has 2 aromatic carbocycles. The van der Waals surface area contributed by atoms with Gasteiger partial charge in [-0.15, -0.1) is 0 Å². The molecule has 5 rings (SSSR count). The van der Waals surface area contributed by atoms with Crippen molar-refractivity contribution in [2.45, 2.75) is 38.5 Å². The zero-order valence-electron chi connectivity index (χ0n) is 17.1. The van der Waals surface area contributed by atoms with Crippen LogP contribution >= 0.6 is 0 Å². The molecule has 0 aliphatic heterocycles. The van der Waals surface area contributed by atoms with E-state index in [1.54, 1.807) is 6.07 Å². The smallest absolute Gasteiger partial charge is 0.193 e. The van der Waals surface area contributed by atoms with Gasteiger partial charge in [0.15, 0.2) is 5.43 Å². The number of pyridine rings is 2. The first kappa shape index (κ1) is 18.6. The van der Waals surface area contributed by atoms with Gasteiger partial charge in [-0.2, -0.15) is 0 Å². The van der Waals surface area contributed by atoms with E-state index in [1.165, 1.54) is 12.8 Å². The molecule has 30 heavy (non-hydrogen) atoms. The Morgan fingerprint density at radius 2 is 1.60 bits per heavy atom. The van der Waals surface area contributed by atoms with Crippen LogP contribution in [0.1, 0.15) is 43.0 Å². The lowest BCUT2D eigenvalue weighted by atomic mass is 9.98. The van der Waals surface area contributed by atoms with Crippen LogP contribution in [-0.2, 0) is 0 Å². The maximum atomic E-state index is 13.4. The predicted octanol–water partition coefficient (Wildman–Crippen LogP) is 6.10. The van der Waals surface area contributed by atoms with Crippen molar-refractivity contribution in [3.63, 3.8) is 0 Å². The average molecular weight is 396 g/mol. The first-order chi connectivity index (χ1) is 14.7. The van der Waals surface area contributed by atoms with Crippen LogP contribution in [0.2, 0.25) is 0 Å². The summed E-state index contributed by atoms with van der Waals surface area (Å²) in [5.41, 5.74) is 4.84. The minimum Gasteiger partial charge on any atom is -0.341 e. The van der Waals surface area contributed by atoms with E-state index in [9.17, 15) is 4.79 Å². The van der Waals surface area contributed by atoms with E-state index in [2.05, 4.69) is 22.0 Å². The topological polar surface area (TPSA) is 46.9 Å². The van der Waals surface area contributed by atoms with Gasteiger partial charge in [0.1, 0.15) is 5.82 Å². The Kier molecular flexibility index (Phi) is 4.83. The third kappa shape index (κ3) is 3.39. The number of aromatic nitrogens is 2. The SMILES string of the molecule is Cc1cc2c(c(C3CCCC3)n1)c(=O)cc(Nc1ccccc1)n2-c1ccccc1. The van der Waals surface area contributed by atoms with Gasteiger partial charge in [-0.1, -0.05) is 49.2 Å². The van der Waals surface area contributed by atoms with Crippen molar-refractivity contribution >= 4 is 22.4 Å². The van der Waals surface area contributed by atoms with Gasteiger partial charge in [-0.25, -0.2) is 0 Å². The van der Waals surface area contributed by atoms with E-state index in [0.29, 0.717) is 5.92 Å². The molecule has 1 aliphatic carbocycles. The summed E-state index contributed by atoms with van der Waals surface area (Å²) in [6.45, 7) is 2.02. The first-order valence-corrected chi connectivity index (χ1v) is 10.7. The molecule has 4 heteroatoms. The molecule has 1 aliphatic rings. The van der Waals surface area contributed by atoms with Crippen LogP contribution in [0, 0.1) is 6.92 Å². The lowest BCUT2D eigenvalue weighted by Gasteiger charge is -2.21. The summed E-state index contributed by atoms with van der Waals surface area (Å²) in [7, 11) is 0. The number of hydrogen-bond donors (Lipinski definition) is 1. The van der Waals surface area contributed by atoms with Crippen molar-refractivity contribution < 1.29 is 0 Å². The molecular weight excluding hydrogens is 370 g/mol. The molecule has 0 unspecified atom stereocenters. The van der Waals surface area contributed by atoms with Crippen molar-refractivity contribution in [1.29, 1.82) is 0 Å². The van der Waals surface area contributed by atoms with E-state index < -0.39 is 0 Å². The maximum absolute atomic E-state index is 13.4. The van der Waals surface area contributed by atoms with Crippen molar-refractivity contribution in [1.82, 2.24) is 9.55 Å². The van der Waals surface area contributed by atoms with Gasteiger partial charge in [-0.3, -0.25) is 14.3 Å². The van der Waals surface area contributed by atoms with Crippen LogP contribution in [0.4, 0.5) is 11.5 Å². The summed E-state index contributed by atoms with van der Waals surface area (Å²) in [6, 6.07) is 23.9.